The van der Waals surface area contributed by atoms with E-state index in [4.69, 9.17) is 0 Å². The van der Waals surface area contributed by atoms with Gasteiger partial charge in [-0.15, -0.1) is 0 Å². The number of benzene rings is 1. The topological polar surface area (TPSA) is 64.3 Å². The Balaban J connectivity index is 3.29. The first-order chi connectivity index (χ1) is 9.45. The number of hydrogen-bond acceptors (Lipinski definition) is 3. The molecule has 0 unspecified atom stereocenters. The third-order valence-electron chi connectivity index (χ3n) is 3.88. The maximum Gasteiger partial charge on any atom is 0.247 e. The van der Waals surface area contributed by atoms with E-state index >= 15 is 0 Å². The zero-order valence-electron chi connectivity index (χ0n) is 12.6. The first-order valence-corrected chi connectivity index (χ1v) is 6.98. The molecule has 0 saturated heterocycles. The average molecular weight is 274 g/mol. The number of nitrogens with zero attached hydrogens (tertiary/aromatic N) is 2. The van der Waals surface area contributed by atoms with Crippen LogP contribution in [0.25, 0.3) is 0 Å². The second-order valence-corrected chi connectivity index (χ2v) is 4.92. The molecule has 0 spiro atoms. The Kier molecular flexibility index (Phi) is 5.15. The lowest BCUT2D eigenvalue weighted by Gasteiger charge is -2.31. The molecule has 1 aromatic rings. The molecule has 0 heterocycles. The molecule has 0 bridgehead atoms. The fourth-order valence-corrected chi connectivity index (χ4v) is 2.33. The smallest absolute Gasteiger partial charge is 0.247 e. The zero-order chi connectivity index (χ0) is 15.3. The summed E-state index contributed by atoms with van der Waals surface area (Å²) in [6.45, 7) is 7.93. The lowest BCUT2D eigenvalue weighted by atomic mass is 9.82. The number of phenolic OH excluding ortho intramolecular Hbond substituents is 1. The molecule has 20 heavy (non-hydrogen) atoms. The number of hydrogen-bond donors (Lipinski definition) is 1. The third-order valence-corrected chi connectivity index (χ3v) is 3.88. The van der Waals surface area contributed by atoms with Crippen LogP contribution in [-0.4, -0.2) is 17.6 Å². The molecule has 0 saturated carbocycles. The predicted octanol–water partition coefficient (Wildman–Crippen LogP) is 3.38. The van der Waals surface area contributed by atoms with Crippen molar-refractivity contribution in [1.82, 2.24) is 0 Å². The molecule has 0 fully saturated rings. The van der Waals surface area contributed by atoms with Crippen LogP contribution in [-0.2, 0) is 4.79 Å². The highest BCUT2D eigenvalue weighted by Crippen LogP contribution is 2.33. The van der Waals surface area contributed by atoms with Crippen LogP contribution < -0.4 is 4.90 Å². The van der Waals surface area contributed by atoms with Crippen LogP contribution in [0.2, 0.25) is 0 Å². The van der Waals surface area contributed by atoms with Crippen molar-refractivity contribution in [3.63, 3.8) is 0 Å². The lowest BCUT2D eigenvalue weighted by molar-refractivity contribution is -0.125. The molecule has 0 radical (unpaired) electrons. The van der Waals surface area contributed by atoms with Crippen molar-refractivity contribution in [2.75, 3.05) is 11.4 Å². The molecule has 1 rings (SSSR count). The van der Waals surface area contributed by atoms with Gasteiger partial charge in [0.2, 0.25) is 5.91 Å². The summed E-state index contributed by atoms with van der Waals surface area (Å²) in [6, 6.07) is 7.12. The van der Waals surface area contributed by atoms with Crippen molar-refractivity contribution in [1.29, 1.82) is 5.26 Å². The van der Waals surface area contributed by atoms with Crippen molar-refractivity contribution in [2.24, 2.45) is 5.41 Å². The van der Waals surface area contributed by atoms with Crippen LogP contribution >= 0.6 is 0 Å². The minimum atomic E-state index is -0.992. The molecule has 1 aromatic carbocycles. The molecule has 108 valence electrons. The van der Waals surface area contributed by atoms with Gasteiger partial charge in [0, 0.05) is 12.6 Å². The number of nitriles is 1. The normalized spacial score (nSPS) is 10.9. The Hall–Kier alpha value is -2.02. The van der Waals surface area contributed by atoms with E-state index in [1.807, 2.05) is 27.7 Å². The van der Waals surface area contributed by atoms with Gasteiger partial charge in [0.1, 0.15) is 11.2 Å². The number of carbonyl (C=O) groups excluding carboxylic acids is 1. The molecule has 0 aliphatic heterocycles. The average Bonchev–Trinajstić information content (AvgIpc) is 2.46. The molecule has 0 aliphatic rings. The Morgan fingerprint density at radius 2 is 1.95 bits per heavy atom. The fraction of sp³-hybridized carbons (Fsp3) is 0.500. The lowest BCUT2D eigenvalue weighted by Crippen LogP contribution is -2.43. The monoisotopic (exact) mass is 274 g/mol. The molecule has 0 aromatic heterocycles. The maximum absolute atomic E-state index is 12.8. The molecular formula is C16H22N2O2. The van der Waals surface area contributed by atoms with E-state index in [2.05, 4.69) is 6.07 Å². The van der Waals surface area contributed by atoms with Gasteiger partial charge in [0.05, 0.1) is 11.8 Å². The van der Waals surface area contributed by atoms with Crippen molar-refractivity contribution >= 4 is 11.6 Å². The minimum Gasteiger partial charge on any atom is -0.508 e. The standard InChI is InChI=1S/C16H22N2O2/c1-5-16(6-2,11-17)15(20)18(7-3)14-10-13(19)9-8-12(14)4/h8-10,19H,5-7H2,1-4H3. The van der Waals surface area contributed by atoms with Crippen LogP contribution in [0.15, 0.2) is 18.2 Å². The van der Waals surface area contributed by atoms with Gasteiger partial charge in [0.25, 0.3) is 0 Å². The van der Waals surface area contributed by atoms with Crippen molar-refractivity contribution in [3.8, 4) is 11.8 Å². The Morgan fingerprint density at radius 3 is 2.40 bits per heavy atom. The molecule has 1 N–H and O–H groups in total. The molecular weight excluding hydrogens is 252 g/mol. The van der Waals surface area contributed by atoms with Gasteiger partial charge >= 0.3 is 0 Å². The van der Waals surface area contributed by atoms with E-state index in [1.54, 1.807) is 23.1 Å². The van der Waals surface area contributed by atoms with Crippen molar-refractivity contribution in [3.05, 3.63) is 23.8 Å². The van der Waals surface area contributed by atoms with Gasteiger partial charge < -0.3 is 10.0 Å². The number of phenols is 1. The van der Waals surface area contributed by atoms with Crippen molar-refractivity contribution in [2.45, 2.75) is 40.5 Å². The van der Waals surface area contributed by atoms with E-state index in [0.29, 0.717) is 25.1 Å². The van der Waals surface area contributed by atoms with E-state index in [-0.39, 0.29) is 11.7 Å². The zero-order valence-corrected chi connectivity index (χ0v) is 12.6. The van der Waals surface area contributed by atoms with Crippen LogP contribution in [0.3, 0.4) is 0 Å². The highest BCUT2D eigenvalue weighted by Gasteiger charge is 2.38. The Morgan fingerprint density at radius 1 is 1.35 bits per heavy atom. The van der Waals surface area contributed by atoms with E-state index in [0.717, 1.165) is 5.56 Å². The molecule has 0 atom stereocenters. The van der Waals surface area contributed by atoms with Gasteiger partial charge in [-0.2, -0.15) is 5.26 Å². The van der Waals surface area contributed by atoms with Gasteiger partial charge in [-0.25, -0.2) is 0 Å². The molecule has 0 aliphatic carbocycles. The third kappa shape index (κ3) is 2.77. The van der Waals surface area contributed by atoms with E-state index in [9.17, 15) is 15.2 Å². The van der Waals surface area contributed by atoms with Gasteiger partial charge in [-0.05, 0) is 38.3 Å². The predicted molar refractivity (Wildman–Crippen MR) is 79.5 cm³/mol. The summed E-state index contributed by atoms with van der Waals surface area (Å²) in [5, 5.41) is 19.1. The number of aromatic hydroxyl groups is 1. The minimum absolute atomic E-state index is 0.118. The molecule has 4 heteroatoms. The summed E-state index contributed by atoms with van der Waals surface area (Å²) < 4.78 is 0. The second kappa shape index (κ2) is 6.42. The van der Waals surface area contributed by atoms with Crippen LogP contribution in [0.5, 0.6) is 5.75 Å². The summed E-state index contributed by atoms with van der Waals surface area (Å²) in [6.07, 6.45) is 0.959. The SMILES string of the molecule is CCN(C(=O)C(C#N)(CC)CC)c1cc(O)ccc1C. The van der Waals surface area contributed by atoms with Crippen LogP contribution in [0, 0.1) is 23.7 Å². The fourth-order valence-electron chi connectivity index (χ4n) is 2.33. The molecule has 1 amide bonds. The first kappa shape index (κ1) is 16.0. The maximum atomic E-state index is 12.8. The Bertz CT molecular complexity index is 528. The van der Waals surface area contributed by atoms with Gasteiger partial charge in [0.15, 0.2) is 0 Å². The number of rotatable bonds is 5. The van der Waals surface area contributed by atoms with Crippen LogP contribution in [0.4, 0.5) is 5.69 Å². The summed E-state index contributed by atoms with van der Waals surface area (Å²) in [7, 11) is 0. The number of aryl methyl sites for hydroxylation is 1. The summed E-state index contributed by atoms with van der Waals surface area (Å²) >= 11 is 0. The number of amides is 1. The summed E-state index contributed by atoms with van der Waals surface area (Å²) in [5.41, 5.74) is 0.574. The summed E-state index contributed by atoms with van der Waals surface area (Å²) in [4.78, 5) is 14.4. The van der Waals surface area contributed by atoms with E-state index < -0.39 is 5.41 Å². The first-order valence-electron chi connectivity index (χ1n) is 6.98. The van der Waals surface area contributed by atoms with Crippen LogP contribution in [0.1, 0.15) is 39.2 Å². The van der Waals surface area contributed by atoms with Crippen molar-refractivity contribution < 1.29 is 9.90 Å². The van der Waals surface area contributed by atoms with Gasteiger partial charge in [-0.3, -0.25) is 4.79 Å². The van der Waals surface area contributed by atoms with Gasteiger partial charge in [-0.1, -0.05) is 19.9 Å². The van der Waals surface area contributed by atoms with E-state index in [1.165, 1.54) is 0 Å². The second-order valence-electron chi connectivity index (χ2n) is 4.92. The highest BCUT2D eigenvalue weighted by molar-refractivity contribution is 6.00. The highest BCUT2D eigenvalue weighted by atomic mass is 16.3. The molecule has 4 nitrogen and oxygen atoms in total. The number of anilines is 1. The Labute approximate surface area is 120 Å². The quantitative estimate of drug-likeness (QED) is 0.895. The number of carbonyl (C=O) groups is 1. The largest absolute Gasteiger partial charge is 0.508 e. The summed E-state index contributed by atoms with van der Waals surface area (Å²) in [5.74, 6) is -0.0754.